The minimum absolute atomic E-state index is 0.577. The fourth-order valence-corrected chi connectivity index (χ4v) is 2.40. The lowest BCUT2D eigenvalue weighted by molar-refractivity contribution is 0.522. The highest BCUT2D eigenvalue weighted by Gasteiger charge is 2.09. The number of hydrogen-bond acceptors (Lipinski definition) is 1. The summed E-state index contributed by atoms with van der Waals surface area (Å²) in [5, 5.41) is 4.53. The van der Waals surface area contributed by atoms with Crippen molar-refractivity contribution in [3.05, 3.63) is 17.0 Å². The maximum atomic E-state index is 5.90. The second-order valence-electron chi connectivity index (χ2n) is 4.42. The van der Waals surface area contributed by atoms with Gasteiger partial charge in [-0.1, -0.05) is 32.6 Å². The Balaban J connectivity index is 2.42. The van der Waals surface area contributed by atoms with E-state index in [1.165, 1.54) is 43.4 Å². The van der Waals surface area contributed by atoms with Crippen molar-refractivity contribution in [2.45, 2.75) is 65.3 Å². The normalized spacial score (nSPS) is 11.0. The van der Waals surface area contributed by atoms with Gasteiger partial charge in [-0.15, -0.1) is 11.6 Å². The van der Waals surface area contributed by atoms with Crippen LogP contribution in [0.25, 0.3) is 0 Å². The molecule has 0 saturated heterocycles. The Morgan fingerprint density at radius 3 is 2.38 bits per heavy atom. The quantitative estimate of drug-likeness (QED) is 0.517. The number of unbranched alkanes of at least 4 members (excludes halogenated alkanes) is 4. The van der Waals surface area contributed by atoms with Crippen LogP contribution in [0.5, 0.6) is 0 Å². The highest BCUT2D eigenvalue weighted by atomic mass is 35.5. The van der Waals surface area contributed by atoms with Crippen molar-refractivity contribution in [2.75, 3.05) is 0 Å². The first kappa shape index (κ1) is 13.6. The number of aromatic nitrogens is 2. The largest absolute Gasteiger partial charge is 0.269 e. The molecule has 0 bridgehead atoms. The first-order valence-corrected chi connectivity index (χ1v) is 6.83. The summed E-state index contributed by atoms with van der Waals surface area (Å²) in [6.45, 7) is 7.43. The fourth-order valence-electron chi connectivity index (χ4n) is 2.01. The summed E-state index contributed by atoms with van der Waals surface area (Å²) in [4.78, 5) is 0. The molecule has 2 nitrogen and oxygen atoms in total. The Morgan fingerprint density at radius 1 is 1.12 bits per heavy atom. The number of rotatable bonds is 7. The minimum Gasteiger partial charge on any atom is -0.269 e. The highest BCUT2D eigenvalue weighted by molar-refractivity contribution is 6.17. The molecule has 0 atom stereocenters. The molecule has 0 amide bonds. The average Bonchev–Trinajstić information content (AvgIpc) is 2.53. The van der Waals surface area contributed by atoms with Crippen LogP contribution < -0.4 is 0 Å². The van der Waals surface area contributed by atoms with Crippen LogP contribution in [0.2, 0.25) is 0 Å². The van der Waals surface area contributed by atoms with Gasteiger partial charge in [0.1, 0.15) is 0 Å². The van der Waals surface area contributed by atoms with E-state index in [1.807, 2.05) is 6.92 Å². The standard InChI is InChI=1S/C13H23ClN2/c1-4-5-6-7-8-9-16-12(3)13(10-14)11(2)15-16/h4-10H2,1-3H3. The number of alkyl halides is 1. The van der Waals surface area contributed by atoms with Crippen molar-refractivity contribution in [3.8, 4) is 0 Å². The van der Waals surface area contributed by atoms with E-state index in [1.54, 1.807) is 0 Å². The predicted octanol–water partition coefficient (Wildman–Crippen LogP) is 4.21. The van der Waals surface area contributed by atoms with Crippen molar-refractivity contribution in [1.29, 1.82) is 0 Å². The molecule has 0 aromatic carbocycles. The van der Waals surface area contributed by atoms with Gasteiger partial charge < -0.3 is 0 Å². The Morgan fingerprint density at radius 2 is 1.81 bits per heavy atom. The van der Waals surface area contributed by atoms with Crippen LogP contribution in [0.4, 0.5) is 0 Å². The first-order chi connectivity index (χ1) is 7.70. The molecular formula is C13H23ClN2. The third-order valence-corrected chi connectivity index (χ3v) is 3.41. The second kappa shape index (κ2) is 6.95. The molecule has 0 aliphatic heterocycles. The molecule has 1 aromatic heterocycles. The molecule has 0 radical (unpaired) electrons. The van der Waals surface area contributed by atoms with Gasteiger partial charge in [-0.05, 0) is 20.3 Å². The van der Waals surface area contributed by atoms with Crippen LogP contribution in [0.1, 0.15) is 56.0 Å². The van der Waals surface area contributed by atoms with Crippen molar-refractivity contribution in [1.82, 2.24) is 9.78 Å². The number of aryl methyl sites for hydroxylation is 2. The molecular weight excluding hydrogens is 220 g/mol. The van der Waals surface area contributed by atoms with Crippen LogP contribution in [0, 0.1) is 13.8 Å². The molecule has 16 heavy (non-hydrogen) atoms. The van der Waals surface area contributed by atoms with Crippen molar-refractivity contribution in [3.63, 3.8) is 0 Å². The topological polar surface area (TPSA) is 17.8 Å². The molecule has 0 unspecified atom stereocenters. The third-order valence-electron chi connectivity index (χ3n) is 3.14. The van der Waals surface area contributed by atoms with Gasteiger partial charge in [0.2, 0.25) is 0 Å². The zero-order valence-corrected chi connectivity index (χ0v) is 11.5. The van der Waals surface area contributed by atoms with Crippen LogP contribution >= 0.6 is 11.6 Å². The molecule has 0 aliphatic rings. The Hall–Kier alpha value is -0.500. The average molecular weight is 243 g/mol. The van der Waals surface area contributed by atoms with E-state index in [0.29, 0.717) is 5.88 Å². The highest BCUT2D eigenvalue weighted by Crippen LogP contribution is 2.16. The molecule has 0 fully saturated rings. The Labute approximate surface area is 104 Å². The minimum atomic E-state index is 0.577. The van der Waals surface area contributed by atoms with Crippen LogP contribution in [0.3, 0.4) is 0 Å². The van der Waals surface area contributed by atoms with E-state index in [4.69, 9.17) is 11.6 Å². The summed E-state index contributed by atoms with van der Waals surface area (Å²) >= 11 is 5.90. The van der Waals surface area contributed by atoms with Gasteiger partial charge >= 0.3 is 0 Å². The van der Waals surface area contributed by atoms with Gasteiger partial charge in [0.05, 0.1) is 11.6 Å². The fraction of sp³-hybridized carbons (Fsp3) is 0.769. The van der Waals surface area contributed by atoms with Gasteiger partial charge in [-0.2, -0.15) is 5.10 Å². The molecule has 1 rings (SSSR count). The van der Waals surface area contributed by atoms with E-state index in [-0.39, 0.29) is 0 Å². The summed E-state index contributed by atoms with van der Waals surface area (Å²) in [5.41, 5.74) is 3.53. The molecule has 1 aromatic rings. The Kier molecular flexibility index (Phi) is 5.89. The predicted molar refractivity (Wildman–Crippen MR) is 70.0 cm³/mol. The second-order valence-corrected chi connectivity index (χ2v) is 4.69. The zero-order chi connectivity index (χ0) is 12.0. The number of hydrogen-bond donors (Lipinski definition) is 0. The lowest BCUT2D eigenvalue weighted by atomic mass is 10.1. The van der Waals surface area contributed by atoms with E-state index in [0.717, 1.165) is 12.2 Å². The SMILES string of the molecule is CCCCCCCn1nc(C)c(CCl)c1C. The van der Waals surface area contributed by atoms with Crippen molar-refractivity contribution < 1.29 is 0 Å². The maximum Gasteiger partial charge on any atom is 0.0640 e. The Bertz CT molecular complexity index is 318. The summed E-state index contributed by atoms with van der Waals surface area (Å²) < 4.78 is 2.11. The summed E-state index contributed by atoms with van der Waals surface area (Å²) in [6, 6.07) is 0. The smallest absolute Gasteiger partial charge is 0.0640 e. The van der Waals surface area contributed by atoms with Crippen molar-refractivity contribution in [2.24, 2.45) is 0 Å². The molecule has 92 valence electrons. The van der Waals surface area contributed by atoms with Crippen molar-refractivity contribution >= 4 is 11.6 Å². The van der Waals surface area contributed by atoms with Gasteiger partial charge in [0.15, 0.2) is 0 Å². The summed E-state index contributed by atoms with van der Waals surface area (Å²) in [7, 11) is 0. The van der Waals surface area contributed by atoms with E-state index >= 15 is 0 Å². The van der Waals surface area contributed by atoms with Gasteiger partial charge in [-0.25, -0.2) is 0 Å². The summed E-state index contributed by atoms with van der Waals surface area (Å²) in [5.74, 6) is 0.577. The van der Waals surface area contributed by atoms with E-state index in [2.05, 4.69) is 23.6 Å². The lowest BCUT2D eigenvalue weighted by Crippen LogP contribution is -2.02. The molecule has 0 N–H and O–H groups in total. The lowest BCUT2D eigenvalue weighted by Gasteiger charge is -2.04. The summed E-state index contributed by atoms with van der Waals surface area (Å²) in [6.07, 6.45) is 6.53. The first-order valence-electron chi connectivity index (χ1n) is 6.29. The molecule has 1 heterocycles. The molecule has 0 aliphatic carbocycles. The van der Waals surface area contributed by atoms with E-state index < -0.39 is 0 Å². The monoisotopic (exact) mass is 242 g/mol. The van der Waals surface area contributed by atoms with Crippen LogP contribution in [-0.4, -0.2) is 9.78 Å². The van der Waals surface area contributed by atoms with Crippen LogP contribution in [-0.2, 0) is 12.4 Å². The molecule has 0 spiro atoms. The zero-order valence-electron chi connectivity index (χ0n) is 10.7. The number of halogens is 1. The number of nitrogens with zero attached hydrogens (tertiary/aromatic N) is 2. The van der Waals surface area contributed by atoms with Gasteiger partial charge in [0, 0.05) is 17.8 Å². The van der Waals surface area contributed by atoms with Crippen LogP contribution in [0.15, 0.2) is 0 Å². The molecule has 3 heteroatoms. The maximum absolute atomic E-state index is 5.90. The van der Waals surface area contributed by atoms with Gasteiger partial charge in [-0.3, -0.25) is 4.68 Å². The van der Waals surface area contributed by atoms with Gasteiger partial charge in [0.25, 0.3) is 0 Å². The third kappa shape index (κ3) is 3.51. The van der Waals surface area contributed by atoms with E-state index in [9.17, 15) is 0 Å². The molecule has 0 saturated carbocycles.